The summed E-state index contributed by atoms with van der Waals surface area (Å²) in [7, 11) is 0. The van der Waals surface area contributed by atoms with Crippen LogP contribution < -0.4 is 10.4 Å². The van der Waals surface area contributed by atoms with Crippen molar-refractivity contribution in [3.8, 4) is 0 Å². The van der Waals surface area contributed by atoms with Crippen molar-refractivity contribution in [2.45, 2.75) is 32.1 Å². The van der Waals surface area contributed by atoms with Gasteiger partial charge in [-0.15, -0.1) is 0 Å². The number of aliphatic carboxylic acids is 1. The second-order valence-electron chi connectivity index (χ2n) is 4.48. The summed E-state index contributed by atoms with van der Waals surface area (Å²) in [5, 5.41) is 13.7. The minimum atomic E-state index is -1.22. The Kier molecular flexibility index (Phi) is 2.71. The van der Waals surface area contributed by atoms with Crippen LogP contribution in [0.4, 0.5) is 0 Å². The van der Waals surface area contributed by atoms with Crippen molar-refractivity contribution < 1.29 is 19.4 Å². The molecule has 2 aliphatic rings. The Bertz CT molecular complexity index is 350. The molecule has 0 aromatic carbocycles. The molecule has 0 aliphatic carbocycles. The molecule has 0 aromatic heterocycles. The zero-order chi connectivity index (χ0) is 11.9. The summed E-state index contributed by atoms with van der Waals surface area (Å²) in [5.74, 6) is -3.03. The number of carbonyl (C=O) groups is 2. The maximum Gasteiger partial charge on any atom is 0.227 e. The van der Waals surface area contributed by atoms with Crippen LogP contribution in [0.5, 0.6) is 0 Å². The van der Waals surface area contributed by atoms with Gasteiger partial charge in [0.05, 0.1) is 18.1 Å². The molecule has 1 amide bonds. The third kappa shape index (κ3) is 1.71. The van der Waals surface area contributed by atoms with Crippen molar-refractivity contribution in [3.63, 3.8) is 0 Å². The van der Waals surface area contributed by atoms with Gasteiger partial charge in [-0.3, -0.25) is 4.79 Å². The largest absolute Gasteiger partial charge is 0.550 e. The molecule has 2 aliphatic heterocycles. The topological polar surface area (TPSA) is 78.5 Å². The molecular weight excluding hydrogens is 210 g/mol. The molecular formula is C11H14NO4-. The molecule has 2 bridgehead atoms. The third-order valence-corrected chi connectivity index (χ3v) is 2.91. The number of carboxylic acids is 1. The lowest BCUT2D eigenvalue weighted by molar-refractivity contribution is -0.313. The van der Waals surface area contributed by atoms with E-state index in [4.69, 9.17) is 4.74 Å². The highest BCUT2D eigenvalue weighted by Gasteiger charge is 2.50. The Morgan fingerprint density at radius 2 is 1.81 bits per heavy atom. The van der Waals surface area contributed by atoms with Gasteiger partial charge in [-0.1, -0.05) is 12.2 Å². The molecule has 2 heterocycles. The molecule has 1 saturated heterocycles. The summed E-state index contributed by atoms with van der Waals surface area (Å²) in [6.07, 6.45) is 2.49. The van der Waals surface area contributed by atoms with Crippen LogP contribution in [0.2, 0.25) is 0 Å². The van der Waals surface area contributed by atoms with E-state index in [2.05, 4.69) is 5.32 Å². The normalized spacial score (nSPS) is 35.7. The lowest BCUT2D eigenvalue weighted by Crippen LogP contribution is -2.48. The number of nitrogens with one attached hydrogen (secondary N) is 1. The second-order valence-corrected chi connectivity index (χ2v) is 4.48. The summed E-state index contributed by atoms with van der Waals surface area (Å²) in [6.45, 7) is 3.66. The van der Waals surface area contributed by atoms with E-state index in [-0.39, 0.29) is 11.9 Å². The molecule has 0 aromatic rings. The molecule has 0 radical (unpaired) electrons. The maximum absolute atomic E-state index is 11.8. The van der Waals surface area contributed by atoms with E-state index in [1.165, 1.54) is 0 Å². The minimum absolute atomic E-state index is 0.0157. The van der Waals surface area contributed by atoms with Gasteiger partial charge in [0.1, 0.15) is 0 Å². The van der Waals surface area contributed by atoms with Crippen LogP contribution in [0.15, 0.2) is 12.2 Å². The number of rotatable bonds is 3. The number of carboxylic acid groups (broad SMARTS) is 1. The van der Waals surface area contributed by atoms with Crippen LogP contribution >= 0.6 is 0 Å². The van der Waals surface area contributed by atoms with Gasteiger partial charge >= 0.3 is 0 Å². The van der Waals surface area contributed by atoms with Gasteiger partial charge in [0.2, 0.25) is 5.91 Å². The highest BCUT2D eigenvalue weighted by Crippen LogP contribution is 2.38. The van der Waals surface area contributed by atoms with Crippen molar-refractivity contribution in [3.05, 3.63) is 12.2 Å². The number of hydrogen-bond donors (Lipinski definition) is 1. The lowest BCUT2D eigenvalue weighted by Gasteiger charge is -2.25. The number of ether oxygens (including phenoxy) is 1. The maximum atomic E-state index is 11.8. The minimum Gasteiger partial charge on any atom is -0.550 e. The van der Waals surface area contributed by atoms with E-state index in [1.54, 1.807) is 12.2 Å². The first-order valence-electron chi connectivity index (χ1n) is 5.35. The Balaban J connectivity index is 2.16. The number of amides is 1. The molecule has 2 rings (SSSR count). The first kappa shape index (κ1) is 11.1. The Morgan fingerprint density at radius 3 is 2.31 bits per heavy atom. The van der Waals surface area contributed by atoms with Gasteiger partial charge in [-0.25, -0.2) is 0 Å². The highest BCUT2D eigenvalue weighted by molar-refractivity contribution is 5.86. The predicted molar refractivity (Wildman–Crippen MR) is 53.1 cm³/mol. The number of carbonyl (C=O) groups excluding carboxylic acids is 2. The van der Waals surface area contributed by atoms with Crippen LogP contribution in [0.3, 0.4) is 0 Å². The molecule has 1 N–H and O–H groups in total. The standard InChI is InChI=1S/C11H15NO4/c1-5(2)12-10(13)8-6-3-4-7(16-6)9(8)11(14)15/h3-9H,1-2H3,(H,12,13)(H,14,15)/p-1/t6-,7+,8-,9+/m1/s1. The first-order valence-corrected chi connectivity index (χ1v) is 5.35. The average Bonchev–Trinajstić information content (AvgIpc) is 2.74. The van der Waals surface area contributed by atoms with Crippen LogP contribution in [0.1, 0.15) is 13.8 Å². The number of hydrogen-bond acceptors (Lipinski definition) is 4. The zero-order valence-electron chi connectivity index (χ0n) is 9.17. The SMILES string of the molecule is CC(C)NC(=O)[C@H]1[C@@H](C(=O)[O-])[C@@H]2C=C[C@H]1O2. The Labute approximate surface area is 93.5 Å². The monoisotopic (exact) mass is 224 g/mol. The van der Waals surface area contributed by atoms with Gasteiger partial charge in [0, 0.05) is 17.9 Å². The van der Waals surface area contributed by atoms with Gasteiger partial charge in [-0.2, -0.15) is 0 Å². The lowest BCUT2D eigenvalue weighted by atomic mass is 9.82. The van der Waals surface area contributed by atoms with Crippen LogP contribution in [-0.2, 0) is 14.3 Å². The van der Waals surface area contributed by atoms with E-state index in [0.717, 1.165) is 0 Å². The second kappa shape index (κ2) is 3.90. The Morgan fingerprint density at radius 1 is 1.25 bits per heavy atom. The van der Waals surface area contributed by atoms with Crippen molar-refractivity contribution in [2.24, 2.45) is 11.8 Å². The van der Waals surface area contributed by atoms with E-state index in [9.17, 15) is 14.7 Å². The molecule has 1 fully saturated rings. The van der Waals surface area contributed by atoms with Gasteiger partial charge in [0.15, 0.2) is 0 Å². The highest BCUT2D eigenvalue weighted by atomic mass is 16.5. The fourth-order valence-electron chi connectivity index (χ4n) is 2.28. The molecule has 5 nitrogen and oxygen atoms in total. The molecule has 0 saturated carbocycles. The molecule has 4 atom stereocenters. The fraction of sp³-hybridized carbons (Fsp3) is 0.636. The average molecular weight is 224 g/mol. The van der Waals surface area contributed by atoms with E-state index in [1.807, 2.05) is 13.8 Å². The quantitative estimate of drug-likeness (QED) is 0.613. The van der Waals surface area contributed by atoms with E-state index in [0.29, 0.717) is 0 Å². The third-order valence-electron chi connectivity index (χ3n) is 2.91. The molecule has 0 unspecified atom stereocenters. The van der Waals surface area contributed by atoms with Crippen molar-refractivity contribution in [2.75, 3.05) is 0 Å². The van der Waals surface area contributed by atoms with Crippen molar-refractivity contribution in [1.82, 2.24) is 5.32 Å². The van der Waals surface area contributed by atoms with E-state index >= 15 is 0 Å². The van der Waals surface area contributed by atoms with E-state index < -0.39 is 30.0 Å². The van der Waals surface area contributed by atoms with Gasteiger partial charge in [0.25, 0.3) is 0 Å². The zero-order valence-corrected chi connectivity index (χ0v) is 9.17. The van der Waals surface area contributed by atoms with Gasteiger partial charge in [-0.05, 0) is 13.8 Å². The first-order chi connectivity index (χ1) is 7.50. The Hall–Kier alpha value is -1.36. The fourth-order valence-corrected chi connectivity index (χ4v) is 2.28. The smallest absolute Gasteiger partial charge is 0.227 e. The van der Waals surface area contributed by atoms with Crippen LogP contribution in [-0.4, -0.2) is 30.1 Å². The number of fused-ring (bicyclic) bond motifs is 2. The molecule has 88 valence electrons. The molecule has 16 heavy (non-hydrogen) atoms. The summed E-state index contributed by atoms with van der Waals surface area (Å²) in [5.41, 5.74) is 0. The molecule has 5 heteroatoms. The summed E-state index contributed by atoms with van der Waals surface area (Å²) in [6, 6.07) is -0.0157. The van der Waals surface area contributed by atoms with Gasteiger partial charge < -0.3 is 20.0 Å². The van der Waals surface area contributed by atoms with Crippen LogP contribution in [0, 0.1) is 11.8 Å². The summed E-state index contributed by atoms with van der Waals surface area (Å²) < 4.78 is 5.37. The molecule has 0 spiro atoms. The summed E-state index contributed by atoms with van der Waals surface area (Å²) >= 11 is 0. The summed E-state index contributed by atoms with van der Waals surface area (Å²) in [4.78, 5) is 22.8. The van der Waals surface area contributed by atoms with Crippen molar-refractivity contribution >= 4 is 11.9 Å². The van der Waals surface area contributed by atoms with Crippen molar-refractivity contribution in [1.29, 1.82) is 0 Å². The predicted octanol–water partition coefficient (Wildman–Crippen LogP) is -1.17. The van der Waals surface area contributed by atoms with Crippen LogP contribution in [0.25, 0.3) is 0 Å².